The molecule has 8 heterocycles. The van der Waals surface area contributed by atoms with E-state index in [-0.39, 0.29) is 49.3 Å². The maximum Gasteiger partial charge on any atom is 0.230 e. The van der Waals surface area contributed by atoms with E-state index in [1.165, 1.54) is 45.3 Å². The Balaban J connectivity index is 0.000000174. The van der Waals surface area contributed by atoms with E-state index in [2.05, 4.69) is 82.0 Å². The molecule has 4 atom stereocenters. The zero-order valence-electron chi connectivity index (χ0n) is 37.3. The average molecular weight is 1010 g/mol. The third kappa shape index (κ3) is 14.9. The van der Waals surface area contributed by atoms with Gasteiger partial charge in [-0.15, -0.1) is 40.8 Å². The highest BCUT2D eigenvalue weighted by Crippen LogP contribution is 2.45. The molecule has 2 saturated carbocycles. The molecule has 4 amide bonds. The van der Waals surface area contributed by atoms with Crippen LogP contribution in [-0.2, 0) is 70.5 Å². The van der Waals surface area contributed by atoms with E-state index < -0.39 is 0 Å². The van der Waals surface area contributed by atoms with E-state index in [0.717, 1.165) is 80.8 Å². The summed E-state index contributed by atoms with van der Waals surface area (Å²) in [5, 5.41) is 50.3. The van der Waals surface area contributed by atoms with Crippen LogP contribution in [0.4, 0.5) is 20.5 Å². The standard InChI is InChI=1S/2C23H22N8O2S2/c2*32-18(7-14-3-1-5-24-12-14)26-22-30-28-20(34-22)10-16-9-17(16)11-21-29-31-23(35-21)27-19(33)8-15-4-2-6-25-13-15/h2*1-6,12-13,16-17H,7-11H2,(H,26,30,32)(H,27,31,33)/t2*16-,17-/m10/s1. The predicted octanol–water partition coefficient (Wildman–Crippen LogP) is 5.93. The third-order valence-electron chi connectivity index (χ3n) is 11.1. The van der Waals surface area contributed by atoms with E-state index in [1.54, 1.807) is 73.8 Å². The summed E-state index contributed by atoms with van der Waals surface area (Å²) >= 11 is 5.65. The lowest BCUT2D eigenvalue weighted by Crippen LogP contribution is -2.14. The fourth-order valence-corrected chi connectivity index (χ4v) is 10.9. The van der Waals surface area contributed by atoms with Crippen molar-refractivity contribution in [1.82, 2.24) is 60.7 Å². The lowest BCUT2D eigenvalue weighted by Gasteiger charge is -2.00. The number of carbonyl (C=O) groups excluding carboxylic acids is 4. The van der Waals surface area contributed by atoms with Crippen molar-refractivity contribution in [3.8, 4) is 0 Å². The van der Waals surface area contributed by atoms with Crippen LogP contribution in [0.2, 0.25) is 0 Å². The Morgan fingerprint density at radius 3 is 0.843 bits per heavy atom. The Morgan fingerprint density at radius 2 is 0.629 bits per heavy atom. The molecule has 10 rings (SSSR count). The van der Waals surface area contributed by atoms with Crippen molar-refractivity contribution in [3.63, 3.8) is 0 Å². The highest BCUT2D eigenvalue weighted by atomic mass is 32.1. The van der Waals surface area contributed by atoms with Crippen molar-refractivity contribution in [1.29, 1.82) is 0 Å². The highest BCUT2D eigenvalue weighted by Gasteiger charge is 2.39. The van der Waals surface area contributed by atoms with Gasteiger partial charge in [0.25, 0.3) is 0 Å². The van der Waals surface area contributed by atoms with E-state index >= 15 is 0 Å². The molecule has 0 saturated heterocycles. The van der Waals surface area contributed by atoms with Crippen molar-refractivity contribution in [2.24, 2.45) is 23.7 Å². The summed E-state index contributed by atoms with van der Waals surface area (Å²) in [6, 6.07) is 14.7. The number of pyridine rings is 4. The van der Waals surface area contributed by atoms with Crippen molar-refractivity contribution in [2.45, 2.75) is 64.2 Å². The van der Waals surface area contributed by atoms with Crippen molar-refractivity contribution >= 4 is 89.5 Å². The Bertz CT molecular complexity index is 2590. The normalized spacial score (nSPS) is 16.6. The molecule has 8 aromatic heterocycles. The average Bonchev–Trinajstić information content (AvgIpc) is 3.82. The van der Waals surface area contributed by atoms with Gasteiger partial charge in [0, 0.05) is 75.3 Å². The van der Waals surface area contributed by atoms with Gasteiger partial charge in [0.15, 0.2) is 0 Å². The first kappa shape index (κ1) is 47.8. The number of hydrogen-bond acceptors (Lipinski definition) is 20. The highest BCUT2D eigenvalue weighted by molar-refractivity contribution is 7.16. The summed E-state index contributed by atoms with van der Waals surface area (Å²) in [5.41, 5.74) is 3.40. The van der Waals surface area contributed by atoms with Crippen LogP contribution in [0.3, 0.4) is 0 Å². The SMILES string of the molecule is O=C(Cc1cccnc1)Nc1nnc(C[C@@H]2C[C@H]2Cc2nnc(NC(=O)Cc3cccnc3)s2)s1.O=C(Cc1cccnc1)Nc1nnc(C[C@H]2C[C@@H]2Cc2nnc(NC(=O)Cc3cccnc3)s2)s1. The summed E-state index contributed by atoms with van der Waals surface area (Å²) in [6.07, 6.45) is 19.9. The largest absolute Gasteiger partial charge is 0.300 e. The van der Waals surface area contributed by atoms with Crippen LogP contribution in [0.15, 0.2) is 98.1 Å². The number of nitrogens with one attached hydrogen (secondary N) is 4. The number of hydrogen-bond donors (Lipinski definition) is 4. The second-order valence-corrected chi connectivity index (χ2v) is 20.9. The van der Waals surface area contributed by atoms with Crippen LogP contribution in [0.1, 0.15) is 55.1 Å². The Kier molecular flexibility index (Phi) is 15.9. The van der Waals surface area contributed by atoms with Crippen molar-refractivity contribution in [2.75, 3.05) is 21.3 Å². The van der Waals surface area contributed by atoms with Crippen LogP contribution in [0, 0.1) is 23.7 Å². The summed E-state index contributed by atoms with van der Waals surface area (Å²) in [6.45, 7) is 0. The minimum Gasteiger partial charge on any atom is -0.300 e. The number of rotatable bonds is 20. The number of carbonyl (C=O) groups is 4. The van der Waals surface area contributed by atoms with Gasteiger partial charge in [-0.1, -0.05) is 69.6 Å². The summed E-state index contributed by atoms with van der Waals surface area (Å²) in [5.74, 6) is 1.50. The smallest absolute Gasteiger partial charge is 0.230 e. The molecule has 2 fully saturated rings. The zero-order chi connectivity index (χ0) is 48.1. The van der Waals surface area contributed by atoms with E-state index in [4.69, 9.17) is 0 Å². The molecular weight excluding hydrogens is 969 g/mol. The fraction of sp³-hybridized carbons (Fsp3) is 0.304. The monoisotopic (exact) mass is 1010 g/mol. The Hall–Kier alpha value is -7.28. The number of amides is 4. The molecule has 20 nitrogen and oxygen atoms in total. The minimum atomic E-state index is -0.135. The maximum atomic E-state index is 12.2. The van der Waals surface area contributed by atoms with Crippen molar-refractivity contribution in [3.05, 3.63) is 140 Å². The van der Waals surface area contributed by atoms with Crippen LogP contribution < -0.4 is 21.3 Å². The van der Waals surface area contributed by atoms with Gasteiger partial charge in [-0.2, -0.15) is 0 Å². The second kappa shape index (κ2) is 23.3. The molecule has 0 bridgehead atoms. The Morgan fingerprint density at radius 1 is 0.386 bits per heavy atom. The van der Waals surface area contributed by atoms with Gasteiger partial charge in [0.05, 0.1) is 25.7 Å². The topological polar surface area (TPSA) is 271 Å². The quantitative estimate of drug-likeness (QED) is 0.0689. The molecule has 4 N–H and O–H groups in total. The first-order valence-electron chi connectivity index (χ1n) is 22.3. The molecule has 0 radical (unpaired) electrons. The van der Waals surface area contributed by atoms with Gasteiger partial charge < -0.3 is 21.3 Å². The van der Waals surface area contributed by atoms with E-state index in [0.29, 0.717) is 44.2 Å². The van der Waals surface area contributed by atoms with Gasteiger partial charge in [0.2, 0.25) is 44.2 Å². The van der Waals surface area contributed by atoms with E-state index in [1.807, 2.05) is 24.3 Å². The van der Waals surface area contributed by atoms with Crippen LogP contribution >= 0.6 is 45.3 Å². The zero-order valence-corrected chi connectivity index (χ0v) is 40.5. The van der Waals surface area contributed by atoms with E-state index in [9.17, 15) is 19.2 Å². The van der Waals surface area contributed by atoms with Crippen LogP contribution in [0.25, 0.3) is 0 Å². The van der Waals surface area contributed by atoms with Gasteiger partial charge in [-0.05, 0) is 83.0 Å². The predicted molar refractivity (Wildman–Crippen MR) is 264 cm³/mol. The molecule has 356 valence electrons. The van der Waals surface area contributed by atoms with Crippen molar-refractivity contribution < 1.29 is 19.2 Å². The lowest BCUT2D eigenvalue weighted by molar-refractivity contribution is -0.116. The summed E-state index contributed by atoms with van der Waals surface area (Å²) in [4.78, 5) is 64.9. The first-order chi connectivity index (χ1) is 34.2. The minimum absolute atomic E-state index is 0.135. The van der Waals surface area contributed by atoms with Gasteiger partial charge in [-0.25, -0.2) is 0 Å². The van der Waals surface area contributed by atoms with Gasteiger partial charge >= 0.3 is 0 Å². The molecule has 0 aromatic carbocycles. The molecule has 0 aliphatic heterocycles. The molecule has 2 aliphatic rings. The van der Waals surface area contributed by atoms with Crippen LogP contribution in [0.5, 0.6) is 0 Å². The summed E-state index contributed by atoms with van der Waals surface area (Å²) < 4.78 is 0. The molecule has 8 aromatic rings. The van der Waals surface area contributed by atoms with Crippen LogP contribution in [-0.4, -0.2) is 84.4 Å². The molecule has 2 aliphatic carbocycles. The number of aromatic nitrogens is 12. The molecular formula is C46H44N16O4S4. The Labute approximate surface area is 416 Å². The molecule has 0 unspecified atom stereocenters. The second-order valence-electron chi connectivity index (χ2n) is 16.7. The molecule has 24 heteroatoms. The first-order valence-corrected chi connectivity index (χ1v) is 25.5. The maximum absolute atomic E-state index is 12.2. The van der Waals surface area contributed by atoms with Gasteiger partial charge in [-0.3, -0.25) is 39.1 Å². The summed E-state index contributed by atoms with van der Waals surface area (Å²) in [7, 11) is 0. The van der Waals surface area contributed by atoms with Gasteiger partial charge in [0.1, 0.15) is 20.0 Å². The number of anilines is 4. The molecule has 70 heavy (non-hydrogen) atoms. The fourth-order valence-electron chi connectivity index (χ4n) is 7.47. The third-order valence-corrected chi connectivity index (χ3v) is 14.5. The molecule has 0 spiro atoms. The lowest BCUT2D eigenvalue weighted by atomic mass is 10.2. The number of nitrogens with zero attached hydrogens (tertiary/aromatic N) is 12.